The number of rotatable bonds is 3. The fraction of sp³-hybridized carbons (Fsp3) is 0.238. The SMILES string of the molecule is Oc1cc(CC(F)(F)F)ccc1-c1ccc2c(-c3nc4c([nH]3)CNCC4)n[nH]c2c1. The van der Waals surface area contributed by atoms with Crippen LogP contribution in [-0.4, -0.2) is 38.0 Å². The first-order valence-corrected chi connectivity index (χ1v) is 9.53. The molecule has 0 amide bonds. The summed E-state index contributed by atoms with van der Waals surface area (Å²) in [6, 6.07) is 9.53. The van der Waals surface area contributed by atoms with Gasteiger partial charge >= 0.3 is 6.18 Å². The quantitative estimate of drug-likeness (QED) is 0.408. The molecule has 0 unspecified atom stereocenters. The van der Waals surface area contributed by atoms with Crippen molar-refractivity contribution in [1.82, 2.24) is 25.5 Å². The van der Waals surface area contributed by atoms with Gasteiger partial charge in [0.1, 0.15) is 11.4 Å². The summed E-state index contributed by atoms with van der Waals surface area (Å²) in [4.78, 5) is 7.99. The van der Waals surface area contributed by atoms with Gasteiger partial charge in [-0.3, -0.25) is 5.10 Å². The van der Waals surface area contributed by atoms with Gasteiger partial charge in [0.2, 0.25) is 0 Å². The molecule has 0 spiro atoms. The number of aromatic amines is 2. The molecule has 2 aromatic heterocycles. The molecule has 3 heterocycles. The molecule has 4 N–H and O–H groups in total. The van der Waals surface area contributed by atoms with Crippen LogP contribution in [0.25, 0.3) is 33.5 Å². The number of nitrogens with one attached hydrogen (secondary N) is 3. The smallest absolute Gasteiger partial charge is 0.393 e. The van der Waals surface area contributed by atoms with E-state index < -0.39 is 12.6 Å². The molecule has 1 aliphatic heterocycles. The molecule has 0 bridgehead atoms. The molecule has 0 atom stereocenters. The molecule has 0 radical (unpaired) electrons. The van der Waals surface area contributed by atoms with E-state index in [1.165, 1.54) is 12.1 Å². The number of phenolic OH excluding ortho intramolecular Hbond substituents is 1. The summed E-state index contributed by atoms with van der Waals surface area (Å²) in [5, 5.41) is 21.8. The maximum absolute atomic E-state index is 12.6. The van der Waals surface area contributed by atoms with Crippen molar-refractivity contribution in [2.75, 3.05) is 6.54 Å². The number of aromatic hydroxyl groups is 1. The predicted molar refractivity (Wildman–Crippen MR) is 106 cm³/mol. The minimum atomic E-state index is -4.32. The van der Waals surface area contributed by atoms with Gasteiger partial charge < -0.3 is 15.4 Å². The highest BCUT2D eigenvalue weighted by Crippen LogP contribution is 2.35. The first-order valence-electron chi connectivity index (χ1n) is 9.53. The number of nitrogens with zero attached hydrogens (tertiary/aromatic N) is 2. The Morgan fingerprint density at radius 2 is 1.97 bits per heavy atom. The van der Waals surface area contributed by atoms with Crippen LogP contribution in [0, 0.1) is 0 Å². The van der Waals surface area contributed by atoms with Crippen molar-refractivity contribution < 1.29 is 18.3 Å². The maximum Gasteiger partial charge on any atom is 0.393 e. The zero-order chi connectivity index (χ0) is 20.9. The summed E-state index contributed by atoms with van der Waals surface area (Å²) in [7, 11) is 0. The Labute approximate surface area is 169 Å². The normalized spacial score (nSPS) is 14.2. The second-order valence-electron chi connectivity index (χ2n) is 7.41. The van der Waals surface area contributed by atoms with E-state index in [1.54, 1.807) is 0 Å². The van der Waals surface area contributed by atoms with Crippen molar-refractivity contribution in [3.8, 4) is 28.4 Å². The molecule has 9 heteroatoms. The fourth-order valence-corrected chi connectivity index (χ4v) is 3.86. The number of hydrogen-bond acceptors (Lipinski definition) is 4. The van der Waals surface area contributed by atoms with Gasteiger partial charge in [0, 0.05) is 30.5 Å². The van der Waals surface area contributed by atoms with Crippen LogP contribution in [-0.2, 0) is 19.4 Å². The van der Waals surface area contributed by atoms with Crippen LogP contribution in [0.5, 0.6) is 5.75 Å². The van der Waals surface area contributed by atoms with Crippen molar-refractivity contribution >= 4 is 10.9 Å². The van der Waals surface area contributed by atoms with E-state index in [-0.39, 0.29) is 11.3 Å². The average molecular weight is 413 g/mol. The first kappa shape index (κ1) is 18.7. The molecule has 5 rings (SSSR count). The van der Waals surface area contributed by atoms with E-state index in [0.29, 0.717) is 22.6 Å². The van der Waals surface area contributed by atoms with E-state index in [2.05, 4.69) is 25.5 Å². The lowest BCUT2D eigenvalue weighted by Crippen LogP contribution is -2.23. The third-order valence-corrected chi connectivity index (χ3v) is 5.27. The second kappa shape index (κ2) is 6.88. The van der Waals surface area contributed by atoms with Crippen LogP contribution in [0.1, 0.15) is 17.0 Å². The average Bonchev–Trinajstić information content (AvgIpc) is 3.30. The van der Waals surface area contributed by atoms with Crippen LogP contribution in [0.4, 0.5) is 13.2 Å². The Balaban J connectivity index is 1.49. The van der Waals surface area contributed by atoms with Crippen LogP contribution >= 0.6 is 0 Å². The topological polar surface area (TPSA) is 89.6 Å². The standard InChI is InChI=1S/C21H18F3N5O/c22-21(23,24)9-11-1-3-13(18(30)7-11)12-2-4-14-16(8-12)28-29-19(14)20-26-15-5-6-25-10-17(15)27-20/h1-4,7-8,25,30H,5-6,9-10H2,(H,26,27)(H,28,29). The van der Waals surface area contributed by atoms with Crippen LogP contribution in [0.3, 0.4) is 0 Å². The minimum absolute atomic E-state index is 0.0185. The van der Waals surface area contributed by atoms with Crippen molar-refractivity contribution in [2.24, 2.45) is 0 Å². The number of aromatic nitrogens is 4. The molecular weight excluding hydrogens is 395 g/mol. The Hall–Kier alpha value is -3.33. The molecule has 0 saturated carbocycles. The highest BCUT2D eigenvalue weighted by molar-refractivity contribution is 5.94. The van der Waals surface area contributed by atoms with Gasteiger partial charge in [0.05, 0.1) is 23.3 Å². The summed E-state index contributed by atoms with van der Waals surface area (Å²) in [5.74, 6) is 0.504. The van der Waals surface area contributed by atoms with Crippen LogP contribution < -0.4 is 5.32 Å². The molecule has 0 aliphatic carbocycles. The summed E-state index contributed by atoms with van der Waals surface area (Å²) in [6.45, 7) is 1.64. The number of fused-ring (bicyclic) bond motifs is 2. The van der Waals surface area contributed by atoms with Crippen LogP contribution in [0.15, 0.2) is 36.4 Å². The van der Waals surface area contributed by atoms with Crippen molar-refractivity contribution in [3.63, 3.8) is 0 Å². The molecule has 1 aliphatic rings. The maximum atomic E-state index is 12.6. The molecule has 2 aromatic carbocycles. The number of hydrogen-bond donors (Lipinski definition) is 4. The molecule has 154 valence electrons. The molecular formula is C21H18F3N5O. The van der Waals surface area contributed by atoms with Crippen molar-refractivity contribution in [2.45, 2.75) is 25.6 Å². The summed E-state index contributed by atoms with van der Waals surface area (Å²) in [6.07, 6.45) is -4.53. The van der Waals surface area contributed by atoms with E-state index in [0.717, 1.165) is 47.9 Å². The summed E-state index contributed by atoms with van der Waals surface area (Å²) in [5.41, 5.74) is 4.71. The fourth-order valence-electron chi connectivity index (χ4n) is 3.86. The van der Waals surface area contributed by atoms with Gasteiger partial charge in [-0.05, 0) is 29.3 Å². The third kappa shape index (κ3) is 3.41. The van der Waals surface area contributed by atoms with Gasteiger partial charge in [-0.25, -0.2) is 4.98 Å². The lowest BCUT2D eigenvalue weighted by atomic mass is 10.00. The van der Waals surface area contributed by atoms with Gasteiger partial charge in [-0.15, -0.1) is 0 Å². The van der Waals surface area contributed by atoms with Crippen molar-refractivity contribution in [3.05, 3.63) is 53.3 Å². The number of phenols is 1. The van der Waals surface area contributed by atoms with E-state index in [9.17, 15) is 18.3 Å². The van der Waals surface area contributed by atoms with Gasteiger partial charge in [0.25, 0.3) is 0 Å². The summed E-state index contributed by atoms with van der Waals surface area (Å²) >= 11 is 0. The van der Waals surface area contributed by atoms with E-state index in [4.69, 9.17) is 0 Å². The monoisotopic (exact) mass is 413 g/mol. The van der Waals surface area contributed by atoms with Gasteiger partial charge in [0.15, 0.2) is 5.82 Å². The number of alkyl halides is 3. The summed E-state index contributed by atoms with van der Waals surface area (Å²) < 4.78 is 37.8. The van der Waals surface area contributed by atoms with Crippen molar-refractivity contribution in [1.29, 1.82) is 0 Å². The first-order chi connectivity index (χ1) is 14.4. The molecule has 0 fully saturated rings. The molecule has 4 aromatic rings. The number of imidazole rings is 1. The number of H-pyrrole nitrogens is 2. The van der Waals surface area contributed by atoms with E-state index >= 15 is 0 Å². The Kier molecular flexibility index (Phi) is 4.28. The zero-order valence-corrected chi connectivity index (χ0v) is 15.8. The molecule has 30 heavy (non-hydrogen) atoms. The Bertz CT molecular complexity index is 1220. The zero-order valence-electron chi connectivity index (χ0n) is 15.8. The lowest BCUT2D eigenvalue weighted by Gasteiger charge is -2.10. The van der Waals surface area contributed by atoms with Gasteiger partial charge in [-0.1, -0.05) is 18.2 Å². The van der Waals surface area contributed by atoms with Gasteiger partial charge in [-0.2, -0.15) is 18.3 Å². The third-order valence-electron chi connectivity index (χ3n) is 5.27. The number of halogens is 3. The predicted octanol–water partition coefficient (Wildman–Crippen LogP) is 4.08. The van der Waals surface area contributed by atoms with E-state index in [1.807, 2.05) is 18.2 Å². The Morgan fingerprint density at radius 1 is 1.10 bits per heavy atom. The minimum Gasteiger partial charge on any atom is -0.507 e. The highest BCUT2D eigenvalue weighted by Gasteiger charge is 2.28. The Morgan fingerprint density at radius 3 is 2.73 bits per heavy atom. The number of benzene rings is 2. The molecule has 6 nitrogen and oxygen atoms in total. The lowest BCUT2D eigenvalue weighted by molar-refractivity contribution is -0.127. The highest BCUT2D eigenvalue weighted by atomic mass is 19.4. The molecule has 0 saturated heterocycles. The largest absolute Gasteiger partial charge is 0.507 e. The second-order valence-corrected chi connectivity index (χ2v) is 7.41. The van der Waals surface area contributed by atoms with Crippen LogP contribution in [0.2, 0.25) is 0 Å².